The second-order valence-electron chi connectivity index (χ2n) is 5.35. The summed E-state index contributed by atoms with van der Waals surface area (Å²) in [4.78, 5) is 2.57. The zero-order valence-corrected chi connectivity index (χ0v) is 11.1. The topological polar surface area (TPSA) is 15.3 Å². The van der Waals surface area contributed by atoms with Crippen molar-refractivity contribution in [3.8, 4) is 0 Å². The zero-order valence-electron chi connectivity index (χ0n) is 11.1. The number of rotatable bonds is 7. The van der Waals surface area contributed by atoms with Crippen LogP contribution in [0.25, 0.3) is 0 Å². The lowest BCUT2D eigenvalue weighted by Crippen LogP contribution is -2.57. The van der Waals surface area contributed by atoms with Crippen LogP contribution in [0, 0.1) is 5.92 Å². The Morgan fingerprint density at radius 3 is 2.13 bits per heavy atom. The van der Waals surface area contributed by atoms with Crippen LogP contribution in [0.5, 0.6) is 0 Å². The van der Waals surface area contributed by atoms with Crippen LogP contribution in [0.3, 0.4) is 0 Å². The summed E-state index contributed by atoms with van der Waals surface area (Å²) in [6.07, 6.45) is 4.25. The van der Waals surface area contributed by atoms with E-state index in [-0.39, 0.29) is 5.54 Å². The van der Waals surface area contributed by atoms with E-state index in [2.05, 4.69) is 45.0 Å². The highest BCUT2D eigenvalue weighted by Crippen LogP contribution is 2.36. The van der Waals surface area contributed by atoms with Crippen molar-refractivity contribution in [1.82, 2.24) is 10.2 Å². The highest BCUT2D eigenvalue weighted by Gasteiger charge is 2.36. The molecule has 2 heteroatoms. The molecular weight excluding hydrogens is 184 g/mol. The minimum absolute atomic E-state index is 0.279. The standard InChI is InChI=1S/C13H28N2/c1-6-15(7-2)13(3,4)12(14-5)10-11-8-9-11/h11-12,14H,6-10H2,1-5H3. The van der Waals surface area contributed by atoms with Gasteiger partial charge in [0.15, 0.2) is 0 Å². The van der Waals surface area contributed by atoms with Gasteiger partial charge in [-0.3, -0.25) is 4.90 Å². The fourth-order valence-corrected chi connectivity index (χ4v) is 2.71. The molecular formula is C13H28N2. The average molecular weight is 212 g/mol. The highest BCUT2D eigenvalue weighted by atomic mass is 15.2. The molecule has 0 heterocycles. The van der Waals surface area contributed by atoms with Crippen molar-refractivity contribution in [2.75, 3.05) is 20.1 Å². The molecule has 0 bridgehead atoms. The Morgan fingerprint density at radius 2 is 1.80 bits per heavy atom. The maximum Gasteiger partial charge on any atom is 0.0305 e. The molecule has 1 aliphatic rings. The van der Waals surface area contributed by atoms with Crippen LogP contribution < -0.4 is 5.32 Å². The lowest BCUT2D eigenvalue weighted by Gasteiger charge is -2.43. The van der Waals surface area contributed by atoms with Gasteiger partial charge in [-0.1, -0.05) is 26.7 Å². The Morgan fingerprint density at radius 1 is 1.27 bits per heavy atom. The molecule has 0 aromatic carbocycles. The molecule has 1 rings (SSSR count). The fraction of sp³-hybridized carbons (Fsp3) is 1.00. The van der Waals surface area contributed by atoms with E-state index >= 15 is 0 Å². The fourth-order valence-electron chi connectivity index (χ4n) is 2.71. The number of likely N-dealkylation sites (N-methyl/N-ethyl adjacent to an activating group) is 2. The van der Waals surface area contributed by atoms with Gasteiger partial charge in [0.05, 0.1) is 0 Å². The van der Waals surface area contributed by atoms with Crippen LogP contribution in [0.15, 0.2) is 0 Å². The normalized spacial score (nSPS) is 19.6. The molecule has 1 N–H and O–H groups in total. The summed E-state index contributed by atoms with van der Waals surface area (Å²) >= 11 is 0. The number of nitrogens with zero attached hydrogens (tertiary/aromatic N) is 1. The second kappa shape index (κ2) is 5.31. The first-order valence-electron chi connectivity index (χ1n) is 6.48. The van der Waals surface area contributed by atoms with E-state index in [1.807, 2.05) is 0 Å². The lowest BCUT2D eigenvalue weighted by molar-refractivity contribution is 0.0884. The van der Waals surface area contributed by atoms with Crippen LogP contribution in [-0.4, -0.2) is 36.6 Å². The van der Waals surface area contributed by atoms with E-state index in [4.69, 9.17) is 0 Å². The number of hydrogen-bond donors (Lipinski definition) is 1. The smallest absolute Gasteiger partial charge is 0.0305 e. The molecule has 1 unspecified atom stereocenters. The number of nitrogens with one attached hydrogen (secondary N) is 1. The molecule has 0 aliphatic heterocycles. The van der Waals surface area contributed by atoms with Crippen molar-refractivity contribution in [3.05, 3.63) is 0 Å². The molecule has 1 aliphatic carbocycles. The van der Waals surface area contributed by atoms with Gasteiger partial charge in [-0.25, -0.2) is 0 Å². The third-order valence-electron chi connectivity index (χ3n) is 4.05. The third kappa shape index (κ3) is 3.18. The molecule has 0 aromatic rings. The van der Waals surface area contributed by atoms with Crippen molar-refractivity contribution in [2.24, 2.45) is 5.92 Å². The van der Waals surface area contributed by atoms with Crippen molar-refractivity contribution in [1.29, 1.82) is 0 Å². The third-order valence-corrected chi connectivity index (χ3v) is 4.05. The first-order chi connectivity index (χ1) is 7.06. The van der Waals surface area contributed by atoms with Crippen molar-refractivity contribution in [2.45, 2.75) is 58.5 Å². The van der Waals surface area contributed by atoms with Crippen molar-refractivity contribution >= 4 is 0 Å². The Labute approximate surface area is 95.4 Å². The molecule has 0 aromatic heterocycles. The predicted octanol–water partition coefficient (Wildman–Crippen LogP) is 2.49. The van der Waals surface area contributed by atoms with Gasteiger partial charge in [0, 0.05) is 11.6 Å². The first kappa shape index (κ1) is 13.0. The Balaban J connectivity index is 2.60. The molecule has 0 amide bonds. The Kier molecular flexibility index (Phi) is 4.60. The monoisotopic (exact) mass is 212 g/mol. The van der Waals surface area contributed by atoms with Crippen molar-refractivity contribution < 1.29 is 0 Å². The van der Waals surface area contributed by atoms with Gasteiger partial charge in [-0.2, -0.15) is 0 Å². The summed E-state index contributed by atoms with van der Waals surface area (Å²) in [5.74, 6) is 0.997. The molecule has 0 radical (unpaired) electrons. The quantitative estimate of drug-likeness (QED) is 0.697. The van der Waals surface area contributed by atoms with E-state index in [0.717, 1.165) is 19.0 Å². The summed E-state index contributed by atoms with van der Waals surface area (Å²) in [6, 6.07) is 0.630. The maximum atomic E-state index is 3.52. The van der Waals surface area contributed by atoms with Crippen LogP contribution in [0.2, 0.25) is 0 Å². The molecule has 15 heavy (non-hydrogen) atoms. The second-order valence-corrected chi connectivity index (χ2v) is 5.35. The van der Waals surface area contributed by atoms with Gasteiger partial charge >= 0.3 is 0 Å². The summed E-state index contributed by atoms with van der Waals surface area (Å²) < 4.78 is 0. The summed E-state index contributed by atoms with van der Waals surface area (Å²) in [5, 5.41) is 3.52. The van der Waals surface area contributed by atoms with E-state index in [1.165, 1.54) is 19.3 Å². The van der Waals surface area contributed by atoms with Gasteiger partial charge in [0.2, 0.25) is 0 Å². The highest BCUT2D eigenvalue weighted by molar-refractivity contribution is 4.95. The predicted molar refractivity (Wildman–Crippen MR) is 67.2 cm³/mol. The minimum atomic E-state index is 0.279. The van der Waals surface area contributed by atoms with Crippen LogP contribution in [0.1, 0.15) is 47.0 Å². The maximum absolute atomic E-state index is 3.52. The van der Waals surface area contributed by atoms with Gasteiger partial charge in [0.25, 0.3) is 0 Å². The Hall–Kier alpha value is -0.0800. The lowest BCUT2D eigenvalue weighted by atomic mass is 9.88. The minimum Gasteiger partial charge on any atom is -0.315 e. The molecule has 1 saturated carbocycles. The SMILES string of the molecule is CCN(CC)C(C)(C)C(CC1CC1)NC. The Bertz CT molecular complexity index is 181. The summed E-state index contributed by atoms with van der Waals surface area (Å²) in [5.41, 5.74) is 0.279. The zero-order chi connectivity index (χ0) is 11.5. The van der Waals surface area contributed by atoms with Gasteiger partial charge in [0.1, 0.15) is 0 Å². The number of hydrogen-bond acceptors (Lipinski definition) is 2. The van der Waals surface area contributed by atoms with Crippen LogP contribution in [0.4, 0.5) is 0 Å². The molecule has 2 nitrogen and oxygen atoms in total. The van der Waals surface area contributed by atoms with E-state index < -0.39 is 0 Å². The molecule has 90 valence electrons. The molecule has 1 atom stereocenters. The summed E-state index contributed by atoms with van der Waals surface area (Å²) in [7, 11) is 2.11. The van der Waals surface area contributed by atoms with Crippen LogP contribution >= 0.6 is 0 Å². The van der Waals surface area contributed by atoms with E-state index in [9.17, 15) is 0 Å². The molecule has 0 spiro atoms. The van der Waals surface area contributed by atoms with Crippen molar-refractivity contribution in [3.63, 3.8) is 0 Å². The summed E-state index contributed by atoms with van der Waals surface area (Å²) in [6.45, 7) is 11.6. The van der Waals surface area contributed by atoms with Crippen LogP contribution in [-0.2, 0) is 0 Å². The first-order valence-corrected chi connectivity index (χ1v) is 6.48. The van der Waals surface area contributed by atoms with E-state index in [1.54, 1.807) is 0 Å². The molecule has 1 fully saturated rings. The average Bonchev–Trinajstić information content (AvgIpc) is 2.98. The van der Waals surface area contributed by atoms with E-state index in [0.29, 0.717) is 6.04 Å². The van der Waals surface area contributed by atoms with Gasteiger partial charge in [-0.15, -0.1) is 0 Å². The van der Waals surface area contributed by atoms with Gasteiger partial charge < -0.3 is 5.32 Å². The molecule has 0 saturated heterocycles. The largest absolute Gasteiger partial charge is 0.315 e. The van der Waals surface area contributed by atoms with Gasteiger partial charge in [-0.05, 0) is 46.3 Å².